The number of halogens is 6. The van der Waals surface area contributed by atoms with E-state index < -0.39 is 43.3 Å². The third kappa shape index (κ3) is 5.50. The van der Waals surface area contributed by atoms with Gasteiger partial charge >= 0.3 is 24.3 Å². The van der Waals surface area contributed by atoms with Gasteiger partial charge in [0, 0.05) is 0 Å². The highest BCUT2D eigenvalue weighted by atomic mass is 19.4. The summed E-state index contributed by atoms with van der Waals surface area (Å²) in [5.74, 6) is -5.51. The van der Waals surface area contributed by atoms with E-state index in [0.717, 1.165) is 0 Å². The maximum atomic E-state index is 11.7. The van der Waals surface area contributed by atoms with Crippen molar-refractivity contribution >= 4 is 18.2 Å². The van der Waals surface area contributed by atoms with Crippen LogP contribution in [0.5, 0.6) is 0 Å². The zero-order valence-corrected chi connectivity index (χ0v) is 8.17. The van der Waals surface area contributed by atoms with Gasteiger partial charge in [-0.2, -0.15) is 26.3 Å². The molecule has 0 radical (unpaired) electrons. The molecule has 1 atom stereocenters. The molecule has 11 heteroatoms. The monoisotopic (exact) mass is 282 g/mol. The van der Waals surface area contributed by atoms with Crippen LogP contribution in [0.15, 0.2) is 0 Å². The van der Waals surface area contributed by atoms with Crippen LogP contribution in [-0.2, 0) is 23.9 Å². The molecule has 0 aromatic heterocycles. The molecule has 0 saturated carbocycles. The Hall–Kier alpha value is -1.81. The summed E-state index contributed by atoms with van der Waals surface area (Å²) in [4.78, 5) is 30.5. The van der Waals surface area contributed by atoms with Crippen molar-refractivity contribution in [3.05, 3.63) is 0 Å². The number of esters is 2. The number of rotatable bonds is 4. The van der Waals surface area contributed by atoms with Crippen LogP contribution in [0.2, 0.25) is 0 Å². The normalized spacial score (nSPS) is 13.7. The van der Waals surface area contributed by atoms with E-state index in [1.807, 2.05) is 0 Å². The predicted molar refractivity (Wildman–Crippen MR) is 39.0 cm³/mol. The molecule has 104 valence electrons. The number of aldehydes is 1. The Morgan fingerprint density at radius 3 is 1.78 bits per heavy atom. The van der Waals surface area contributed by atoms with Crippen molar-refractivity contribution < 1.29 is 50.2 Å². The third-order valence-corrected chi connectivity index (χ3v) is 1.25. The van der Waals surface area contributed by atoms with Gasteiger partial charge in [0.2, 0.25) is 0 Å². The van der Waals surface area contributed by atoms with Gasteiger partial charge in [-0.05, 0) is 0 Å². The molecular formula is C7H4F6O5. The second-order valence-corrected chi connectivity index (χ2v) is 2.67. The van der Waals surface area contributed by atoms with Crippen LogP contribution in [0.25, 0.3) is 0 Å². The van der Waals surface area contributed by atoms with E-state index in [4.69, 9.17) is 0 Å². The van der Waals surface area contributed by atoms with E-state index in [0.29, 0.717) is 0 Å². The maximum absolute atomic E-state index is 11.7. The van der Waals surface area contributed by atoms with Gasteiger partial charge in [-0.3, -0.25) is 4.79 Å². The van der Waals surface area contributed by atoms with Crippen molar-refractivity contribution in [2.45, 2.75) is 18.5 Å². The molecule has 0 N–H and O–H groups in total. The lowest BCUT2D eigenvalue weighted by atomic mass is 10.4. The van der Waals surface area contributed by atoms with Crippen LogP contribution in [0, 0.1) is 0 Å². The number of alkyl halides is 6. The summed E-state index contributed by atoms with van der Waals surface area (Å²) in [7, 11) is 0. The molecule has 0 aromatic rings. The fourth-order valence-corrected chi connectivity index (χ4v) is 0.545. The zero-order chi connectivity index (χ0) is 14.6. The van der Waals surface area contributed by atoms with Crippen molar-refractivity contribution in [1.82, 2.24) is 0 Å². The molecule has 0 aliphatic heterocycles. The zero-order valence-electron chi connectivity index (χ0n) is 8.17. The third-order valence-electron chi connectivity index (χ3n) is 1.25. The molecule has 0 rings (SSSR count). The van der Waals surface area contributed by atoms with Gasteiger partial charge in [-0.25, -0.2) is 9.59 Å². The van der Waals surface area contributed by atoms with Crippen LogP contribution in [0.3, 0.4) is 0 Å². The molecule has 1 unspecified atom stereocenters. The molecule has 18 heavy (non-hydrogen) atoms. The number of hydrogen-bond acceptors (Lipinski definition) is 5. The molecule has 0 aromatic carbocycles. The first-order chi connectivity index (χ1) is 7.98. The Bertz CT molecular complexity index is 332. The lowest BCUT2D eigenvalue weighted by Gasteiger charge is -2.14. The molecule has 0 aliphatic carbocycles. The summed E-state index contributed by atoms with van der Waals surface area (Å²) in [5.41, 5.74) is 0. The summed E-state index contributed by atoms with van der Waals surface area (Å²) in [6.45, 7) is -1.47. The summed E-state index contributed by atoms with van der Waals surface area (Å²) in [5, 5.41) is 0. The first-order valence-corrected chi connectivity index (χ1v) is 3.95. The highest BCUT2D eigenvalue weighted by Gasteiger charge is 2.44. The molecule has 0 fully saturated rings. The largest absolute Gasteiger partial charge is 0.490 e. The SMILES string of the molecule is O=CC(COC(=O)C(F)(F)F)OC(=O)C(F)(F)F. The average molecular weight is 282 g/mol. The first-order valence-electron chi connectivity index (χ1n) is 3.95. The van der Waals surface area contributed by atoms with Gasteiger partial charge < -0.3 is 9.47 Å². The van der Waals surface area contributed by atoms with E-state index in [9.17, 15) is 40.7 Å². The minimum absolute atomic E-state index is 0.409. The standard InChI is InChI=1S/C7H4F6O5/c8-6(9,10)4(15)17-2-3(1-14)18-5(16)7(11,12)13/h1,3H,2H2. The summed E-state index contributed by atoms with van der Waals surface area (Å²) >= 11 is 0. The molecule has 0 spiro atoms. The highest BCUT2D eigenvalue weighted by molar-refractivity contribution is 5.78. The summed E-state index contributed by atoms with van der Waals surface area (Å²) in [6.07, 6.45) is -13.5. The summed E-state index contributed by atoms with van der Waals surface area (Å²) in [6, 6.07) is 0. The number of ether oxygens (including phenoxy) is 2. The minimum atomic E-state index is -5.42. The van der Waals surface area contributed by atoms with Gasteiger partial charge in [0.1, 0.15) is 6.61 Å². The van der Waals surface area contributed by atoms with Gasteiger partial charge in [0.05, 0.1) is 0 Å². The van der Waals surface area contributed by atoms with Crippen LogP contribution >= 0.6 is 0 Å². The van der Waals surface area contributed by atoms with Crippen molar-refractivity contribution in [2.24, 2.45) is 0 Å². The molecule has 0 bridgehead atoms. The Balaban J connectivity index is 4.35. The minimum Gasteiger partial charge on any atom is -0.455 e. The van der Waals surface area contributed by atoms with E-state index in [-0.39, 0.29) is 0 Å². The van der Waals surface area contributed by atoms with Crippen molar-refractivity contribution in [2.75, 3.05) is 6.61 Å². The Kier molecular flexibility index (Phi) is 5.12. The lowest BCUT2D eigenvalue weighted by Crippen LogP contribution is -2.35. The average Bonchev–Trinajstić information content (AvgIpc) is 2.20. The number of carbonyl (C=O) groups excluding carboxylic acids is 3. The highest BCUT2D eigenvalue weighted by Crippen LogP contribution is 2.18. The van der Waals surface area contributed by atoms with Crippen molar-refractivity contribution in [1.29, 1.82) is 0 Å². The molecule has 5 nitrogen and oxygen atoms in total. The van der Waals surface area contributed by atoms with Crippen molar-refractivity contribution in [3.63, 3.8) is 0 Å². The van der Waals surface area contributed by atoms with Crippen molar-refractivity contribution in [3.8, 4) is 0 Å². The fourth-order valence-electron chi connectivity index (χ4n) is 0.545. The topological polar surface area (TPSA) is 69.7 Å². The molecular weight excluding hydrogens is 278 g/mol. The molecule has 0 saturated heterocycles. The number of hydrogen-bond donors (Lipinski definition) is 0. The number of carbonyl (C=O) groups is 3. The van der Waals surface area contributed by atoms with E-state index in [1.54, 1.807) is 0 Å². The van der Waals surface area contributed by atoms with Gasteiger partial charge in [0.15, 0.2) is 12.4 Å². The quantitative estimate of drug-likeness (QED) is 0.432. The molecule has 0 heterocycles. The van der Waals surface area contributed by atoms with Gasteiger partial charge in [-0.15, -0.1) is 0 Å². The molecule has 0 aliphatic rings. The van der Waals surface area contributed by atoms with Crippen LogP contribution in [-0.4, -0.2) is 43.3 Å². The lowest BCUT2D eigenvalue weighted by molar-refractivity contribution is -0.212. The smallest absolute Gasteiger partial charge is 0.455 e. The van der Waals surface area contributed by atoms with Gasteiger partial charge in [0.25, 0.3) is 0 Å². The van der Waals surface area contributed by atoms with Crippen LogP contribution in [0.4, 0.5) is 26.3 Å². The first kappa shape index (κ1) is 16.2. The fraction of sp³-hybridized carbons (Fsp3) is 0.571. The van der Waals surface area contributed by atoms with Crippen LogP contribution < -0.4 is 0 Å². The molecule has 0 amide bonds. The van der Waals surface area contributed by atoms with Gasteiger partial charge in [-0.1, -0.05) is 0 Å². The Labute approximate surface area is 94.6 Å². The maximum Gasteiger partial charge on any atom is 0.490 e. The second kappa shape index (κ2) is 5.69. The van der Waals surface area contributed by atoms with Crippen LogP contribution in [0.1, 0.15) is 0 Å². The second-order valence-electron chi connectivity index (χ2n) is 2.67. The van der Waals surface area contributed by atoms with E-state index in [1.165, 1.54) is 0 Å². The van der Waals surface area contributed by atoms with E-state index >= 15 is 0 Å². The summed E-state index contributed by atoms with van der Waals surface area (Å²) < 4.78 is 76.7. The Morgan fingerprint density at radius 2 is 1.44 bits per heavy atom. The predicted octanol–water partition coefficient (Wildman–Crippen LogP) is 0.765. The Morgan fingerprint density at radius 1 is 1.00 bits per heavy atom. The van der Waals surface area contributed by atoms with E-state index in [2.05, 4.69) is 9.47 Å².